The molecule has 0 radical (unpaired) electrons. The lowest BCUT2D eigenvalue weighted by molar-refractivity contribution is 0.0606. The zero-order chi connectivity index (χ0) is 17.7. The van der Waals surface area contributed by atoms with Gasteiger partial charge in [-0.25, -0.2) is 17.9 Å². The number of methoxy groups -OCH3 is 2. The number of esters is 1. The van der Waals surface area contributed by atoms with Gasteiger partial charge in [0.2, 0.25) is 0 Å². The molecule has 1 aliphatic carbocycles. The van der Waals surface area contributed by atoms with Crippen LogP contribution in [0.4, 0.5) is 0 Å². The number of hydrogen-bond acceptors (Lipinski definition) is 7. The van der Waals surface area contributed by atoms with Crippen LogP contribution in [0.5, 0.6) is 5.75 Å². The number of ether oxygens (including phenoxy) is 2. The Morgan fingerprint density at radius 1 is 1.36 bits per heavy atom. The van der Waals surface area contributed by atoms with E-state index < -0.39 is 16.0 Å². The van der Waals surface area contributed by atoms with Gasteiger partial charge in [0, 0.05) is 18.7 Å². The summed E-state index contributed by atoms with van der Waals surface area (Å²) in [4.78, 5) is 11.8. The first-order valence-corrected chi connectivity index (χ1v) is 10.2. The molecule has 2 rings (SSSR count). The monoisotopic (exact) mass is 412 g/mol. The first kappa shape index (κ1) is 22.2. The second kappa shape index (κ2) is 9.72. The van der Waals surface area contributed by atoms with Crippen molar-refractivity contribution in [3.63, 3.8) is 0 Å². The molecule has 1 atom stereocenters. The zero-order valence-corrected chi connectivity index (χ0v) is 16.8. The van der Waals surface area contributed by atoms with E-state index in [0.717, 1.165) is 37.0 Å². The van der Waals surface area contributed by atoms with Gasteiger partial charge in [-0.2, -0.15) is 0 Å². The molecule has 1 aliphatic rings. The van der Waals surface area contributed by atoms with Gasteiger partial charge in [-0.1, -0.05) is 19.3 Å². The number of rotatable bonds is 7. The molecular weight excluding hydrogens is 388 g/mol. The fourth-order valence-corrected chi connectivity index (χ4v) is 5.84. The number of nitrogens with one attached hydrogen (secondary N) is 1. The summed E-state index contributed by atoms with van der Waals surface area (Å²) < 4.78 is 38.0. The first-order valence-electron chi connectivity index (χ1n) is 7.91. The van der Waals surface area contributed by atoms with E-state index in [4.69, 9.17) is 10.5 Å². The average Bonchev–Trinajstić information content (AvgIpc) is 3.05. The molecular formula is C15H25ClN2O5S2. The smallest absolute Gasteiger partial charge is 0.348 e. The summed E-state index contributed by atoms with van der Waals surface area (Å²) in [6.45, 7) is 0.238. The van der Waals surface area contributed by atoms with E-state index in [1.807, 2.05) is 0 Å². The minimum atomic E-state index is -3.83. The highest BCUT2D eigenvalue weighted by Gasteiger charge is 2.31. The molecule has 0 saturated heterocycles. The number of hydrogen-bond donors (Lipinski definition) is 2. The first-order chi connectivity index (χ1) is 11.4. The number of nitrogens with two attached hydrogens (primary N) is 1. The van der Waals surface area contributed by atoms with Crippen LogP contribution in [0.3, 0.4) is 0 Å². The second-order valence-electron chi connectivity index (χ2n) is 5.82. The van der Waals surface area contributed by atoms with Gasteiger partial charge in [-0.3, -0.25) is 0 Å². The minimum Gasteiger partial charge on any atom is -0.494 e. The highest BCUT2D eigenvalue weighted by atomic mass is 35.5. The Balaban J connectivity index is 0.00000312. The fraction of sp³-hybridized carbons (Fsp3) is 0.667. The molecule has 1 aromatic rings. The standard InChI is InChI=1S/C15H24N2O5S2.ClH/c1-21-12-8-13(14(18)22-2)23-15(12)24(19,20)17-11(9-16)10-6-4-3-5-7-10;/h8,10-11,17H,3-7,9,16H2,1-2H3;1H. The van der Waals surface area contributed by atoms with Gasteiger partial charge in [0.15, 0.2) is 9.96 Å². The molecule has 1 saturated carbocycles. The molecule has 0 aliphatic heterocycles. The molecule has 0 aromatic carbocycles. The highest BCUT2D eigenvalue weighted by Crippen LogP contribution is 2.35. The maximum Gasteiger partial charge on any atom is 0.348 e. The topological polar surface area (TPSA) is 108 Å². The van der Waals surface area contributed by atoms with Crippen molar-refractivity contribution in [2.24, 2.45) is 11.7 Å². The van der Waals surface area contributed by atoms with Gasteiger partial charge in [-0.15, -0.1) is 23.7 Å². The molecule has 0 amide bonds. The van der Waals surface area contributed by atoms with Gasteiger partial charge in [-0.05, 0) is 18.8 Å². The van der Waals surface area contributed by atoms with E-state index in [1.54, 1.807) is 0 Å². The maximum atomic E-state index is 12.8. The third-order valence-electron chi connectivity index (χ3n) is 4.30. The summed E-state index contributed by atoms with van der Waals surface area (Å²) in [5.41, 5.74) is 5.81. The normalized spacial score (nSPS) is 16.8. The van der Waals surface area contributed by atoms with E-state index in [-0.39, 0.29) is 45.7 Å². The Kier molecular flexibility index (Phi) is 8.62. The second-order valence-corrected chi connectivity index (χ2v) is 8.78. The SMILES string of the molecule is COC(=O)c1cc(OC)c(S(=O)(=O)NC(CN)C2CCCCC2)s1.Cl. The van der Waals surface area contributed by atoms with Crippen molar-refractivity contribution in [1.82, 2.24) is 4.72 Å². The molecule has 7 nitrogen and oxygen atoms in total. The van der Waals surface area contributed by atoms with Crippen LogP contribution in [0.15, 0.2) is 10.3 Å². The van der Waals surface area contributed by atoms with E-state index in [1.165, 1.54) is 26.7 Å². The van der Waals surface area contributed by atoms with E-state index in [9.17, 15) is 13.2 Å². The predicted molar refractivity (Wildman–Crippen MR) is 99.2 cm³/mol. The predicted octanol–water partition coefficient (Wildman–Crippen LogP) is 2.15. The molecule has 0 bridgehead atoms. The average molecular weight is 413 g/mol. The third-order valence-corrected chi connectivity index (χ3v) is 7.40. The largest absolute Gasteiger partial charge is 0.494 e. The van der Waals surface area contributed by atoms with Crippen molar-refractivity contribution in [3.05, 3.63) is 10.9 Å². The molecule has 3 N–H and O–H groups in total. The Labute approximate surface area is 158 Å². The van der Waals surface area contributed by atoms with Crippen molar-refractivity contribution in [2.75, 3.05) is 20.8 Å². The van der Waals surface area contributed by atoms with Crippen LogP contribution in [0.25, 0.3) is 0 Å². The van der Waals surface area contributed by atoms with Crippen molar-refractivity contribution in [2.45, 2.75) is 42.4 Å². The van der Waals surface area contributed by atoms with Gasteiger partial charge in [0.25, 0.3) is 10.0 Å². The van der Waals surface area contributed by atoms with Crippen LogP contribution in [0.1, 0.15) is 41.8 Å². The number of thiophene rings is 1. The molecule has 1 heterocycles. The van der Waals surface area contributed by atoms with E-state index in [0.29, 0.717) is 0 Å². The van der Waals surface area contributed by atoms with E-state index >= 15 is 0 Å². The lowest BCUT2D eigenvalue weighted by atomic mass is 9.84. The maximum absolute atomic E-state index is 12.8. The number of carbonyl (C=O) groups excluding carboxylic acids is 1. The number of halogens is 1. The minimum absolute atomic E-state index is 0. The summed E-state index contributed by atoms with van der Waals surface area (Å²) >= 11 is 0.832. The Bertz CT molecular complexity index is 671. The third kappa shape index (κ3) is 5.30. The Morgan fingerprint density at radius 3 is 2.52 bits per heavy atom. The molecule has 1 unspecified atom stereocenters. The van der Waals surface area contributed by atoms with Crippen LogP contribution < -0.4 is 15.2 Å². The van der Waals surface area contributed by atoms with Crippen LogP contribution in [-0.4, -0.2) is 41.2 Å². The summed E-state index contributed by atoms with van der Waals surface area (Å²) in [5.74, 6) is -0.223. The van der Waals surface area contributed by atoms with Gasteiger partial charge in [0.1, 0.15) is 4.88 Å². The Morgan fingerprint density at radius 2 is 2.00 bits per heavy atom. The summed E-state index contributed by atoms with van der Waals surface area (Å²) in [6.07, 6.45) is 5.32. The molecule has 25 heavy (non-hydrogen) atoms. The summed E-state index contributed by atoms with van der Waals surface area (Å²) in [6, 6.07) is 1.06. The van der Waals surface area contributed by atoms with Crippen molar-refractivity contribution in [1.29, 1.82) is 0 Å². The van der Waals surface area contributed by atoms with Gasteiger partial charge in [0.05, 0.1) is 14.2 Å². The van der Waals surface area contributed by atoms with Crippen LogP contribution >= 0.6 is 23.7 Å². The summed E-state index contributed by atoms with van der Waals surface area (Å²) in [5, 5.41) is 0. The highest BCUT2D eigenvalue weighted by molar-refractivity contribution is 7.91. The fourth-order valence-electron chi connectivity index (χ4n) is 3.01. The molecule has 1 aromatic heterocycles. The lowest BCUT2D eigenvalue weighted by Gasteiger charge is -2.29. The molecule has 1 fully saturated rings. The van der Waals surface area contributed by atoms with Gasteiger partial charge < -0.3 is 15.2 Å². The van der Waals surface area contributed by atoms with Crippen molar-refractivity contribution in [3.8, 4) is 5.75 Å². The van der Waals surface area contributed by atoms with Crippen LogP contribution in [-0.2, 0) is 14.8 Å². The zero-order valence-electron chi connectivity index (χ0n) is 14.3. The molecule has 10 heteroatoms. The Hall–Kier alpha value is -0.870. The lowest BCUT2D eigenvalue weighted by Crippen LogP contribution is -2.45. The molecule has 144 valence electrons. The van der Waals surface area contributed by atoms with Gasteiger partial charge >= 0.3 is 5.97 Å². The van der Waals surface area contributed by atoms with Crippen LogP contribution in [0.2, 0.25) is 0 Å². The number of carbonyl (C=O) groups is 1. The quantitative estimate of drug-likeness (QED) is 0.664. The summed E-state index contributed by atoms with van der Waals surface area (Å²) in [7, 11) is -1.22. The van der Waals surface area contributed by atoms with Crippen LogP contribution in [0, 0.1) is 5.92 Å². The van der Waals surface area contributed by atoms with Crippen molar-refractivity contribution < 1.29 is 22.7 Å². The number of sulfonamides is 1. The van der Waals surface area contributed by atoms with E-state index in [2.05, 4.69) is 9.46 Å². The van der Waals surface area contributed by atoms with Crippen molar-refractivity contribution >= 4 is 39.7 Å². The molecule has 0 spiro atoms.